The van der Waals surface area contributed by atoms with Crippen molar-refractivity contribution < 1.29 is 4.74 Å². The lowest BCUT2D eigenvalue weighted by molar-refractivity contribution is -0.0869. The van der Waals surface area contributed by atoms with Gasteiger partial charge in [0.2, 0.25) is 5.13 Å². The molecule has 5 heteroatoms. The van der Waals surface area contributed by atoms with Gasteiger partial charge in [-0.05, 0) is 38.0 Å². The molecule has 1 aliphatic carbocycles. The highest BCUT2D eigenvalue weighted by molar-refractivity contribution is 7.13. The van der Waals surface area contributed by atoms with Crippen molar-refractivity contribution in [2.45, 2.75) is 38.7 Å². The maximum Gasteiger partial charge on any atom is 0.208 e. The third-order valence-electron chi connectivity index (χ3n) is 4.17. The minimum atomic E-state index is 0.535. The molecule has 0 radical (unpaired) electrons. The van der Waals surface area contributed by atoms with Crippen molar-refractivity contribution in [2.24, 2.45) is 5.41 Å². The Labute approximate surface area is 106 Å². The van der Waals surface area contributed by atoms with Crippen LogP contribution >= 0.6 is 11.3 Å². The largest absolute Gasteiger partial charge is 0.378 e. The van der Waals surface area contributed by atoms with Crippen molar-refractivity contribution >= 4 is 16.5 Å². The first-order valence-electron chi connectivity index (χ1n) is 6.44. The van der Waals surface area contributed by atoms with Gasteiger partial charge in [-0.3, -0.25) is 0 Å². The molecule has 94 valence electrons. The second kappa shape index (κ2) is 4.53. The second-order valence-corrected chi connectivity index (χ2v) is 6.01. The SMILES string of the molecule is CCOC1CC2(CCN(c3nncs3)CC2)C1. The van der Waals surface area contributed by atoms with E-state index in [1.54, 1.807) is 11.3 Å². The molecule has 17 heavy (non-hydrogen) atoms. The highest BCUT2D eigenvalue weighted by atomic mass is 32.1. The number of hydrogen-bond donors (Lipinski definition) is 0. The summed E-state index contributed by atoms with van der Waals surface area (Å²) >= 11 is 1.64. The number of piperidine rings is 1. The number of nitrogens with zero attached hydrogens (tertiary/aromatic N) is 3. The molecule has 4 nitrogen and oxygen atoms in total. The summed E-state index contributed by atoms with van der Waals surface area (Å²) in [6, 6.07) is 0. The van der Waals surface area contributed by atoms with Gasteiger partial charge in [-0.15, -0.1) is 10.2 Å². The van der Waals surface area contributed by atoms with Crippen LogP contribution in [0.3, 0.4) is 0 Å². The van der Waals surface area contributed by atoms with E-state index in [9.17, 15) is 0 Å². The van der Waals surface area contributed by atoms with Crippen molar-refractivity contribution in [1.29, 1.82) is 0 Å². The van der Waals surface area contributed by atoms with Crippen molar-refractivity contribution in [3.8, 4) is 0 Å². The highest BCUT2D eigenvalue weighted by Gasteiger charge is 2.46. The van der Waals surface area contributed by atoms with Crippen LogP contribution in [0, 0.1) is 5.41 Å². The Morgan fingerprint density at radius 1 is 1.47 bits per heavy atom. The molecular weight excluding hydrogens is 234 g/mol. The molecule has 1 saturated carbocycles. The predicted molar refractivity (Wildman–Crippen MR) is 68.4 cm³/mol. The Bertz CT molecular complexity index is 352. The first kappa shape index (κ1) is 11.4. The summed E-state index contributed by atoms with van der Waals surface area (Å²) in [7, 11) is 0. The quantitative estimate of drug-likeness (QED) is 0.828. The molecule has 3 rings (SSSR count). The molecule has 1 aromatic heterocycles. The van der Waals surface area contributed by atoms with E-state index >= 15 is 0 Å². The van der Waals surface area contributed by atoms with Crippen LogP contribution in [0.15, 0.2) is 5.51 Å². The summed E-state index contributed by atoms with van der Waals surface area (Å²) in [4.78, 5) is 2.37. The van der Waals surface area contributed by atoms with Gasteiger partial charge in [-0.25, -0.2) is 0 Å². The molecule has 1 aliphatic heterocycles. The Kier molecular flexibility index (Phi) is 3.04. The van der Waals surface area contributed by atoms with Gasteiger partial charge in [-0.1, -0.05) is 11.3 Å². The van der Waals surface area contributed by atoms with Crippen LogP contribution in [0.4, 0.5) is 5.13 Å². The standard InChI is InChI=1S/C12H19N3OS/c1-2-16-10-7-12(8-10)3-5-15(6-4-12)11-14-13-9-17-11/h9-10H,2-8H2,1H3. The monoisotopic (exact) mass is 253 g/mol. The Hall–Kier alpha value is -0.680. The van der Waals surface area contributed by atoms with E-state index in [-0.39, 0.29) is 0 Å². The number of aromatic nitrogens is 2. The van der Waals surface area contributed by atoms with Crippen molar-refractivity contribution in [3.63, 3.8) is 0 Å². The first-order valence-corrected chi connectivity index (χ1v) is 7.32. The lowest BCUT2D eigenvalue weighted by atomic mass is 9.61. The first-order chi connectivity index (χ1) is 8.31. The molecule has 0 bridgehead atoms. The fourth-order valence-electron chi connectivity index (χ4n) is 3.15. The summed E-state index contributed by atoms with van der Waals surface area (Å²) in [5.74, 6) is 0. The van der Waals surface area contributed by atoms with E-state index in [4.69, 9.17) is 4.74 Å². The van der Waals surface area contributed by atoms with Gasteiger partial charge in [0.1, 0.15) is 5.51 Å². The van der Waals surface area contributed by atoms with Gasteiger partial charge >= 0.3 is 0 Å². The number of ether oxygens (including phenoxy) is 1. The molecule has 1 spiro atoms. The van der Waals surface area contributed by atoms with E-state index in [2.05, 4.69) is 22.0 Å². The number of rotatable bonds is 3. The molecule has 0 unspecified atom stereocenters. The summed E-state index contributed by atoms with van der Waals surface area (Å²) in [5, 5.41) is 9.14. The van der Waals surface area contributed by atoms with Gasteiger partial charge in [0.25, 0.3) is 0 Å². The fraction of sp³-hybridized carbons (Fsp3) is 0.833. The molecule has 0 amide bonds. The van der Waals surface area contributed by atoms with Crippen molar-refractivity contribution in [3.05, 3.63) is 5.51 Å². The van der Waals surface area contributed by atoms with Crippen LogP contribution < -0.4 is 4.90 Å². The summed E-state index contributed by atoms with van der Waals surface area (Å²) in [6.07, 6.45) is 5.65. The van der Waals surface area contributed by atoms with Gasteiger partial charge in [0, 0.05) is 19.7 Å². The highest BCUT2D eigenvalue weighted by Crippen LogP contribution is 2.50. The van der Waals surface area contributed by atoms with Crippen LogP contribution in [0.25, 0.3) is 0 Å². The summed E-state index contributed by atoms with van der Waals surface area (Å²) in [5.41, 5.74) is 2.40. The van der Waals surface area contributed by atoms with Gasteiger partial charge < -0.3 is 9.64 Å². The normalized spacial score (nSPS) is 23.9. The van der Waals surface area contributed by atoms with Gasteiger partial charge in [-0.2, -0.15) is 0 Å². The number of hydrogen-bond acceptors (Lipinski definition) is 5. The van der Waals surface area contributed by atoms with Gasteiger partial charge in [0.05, 0.1) is 6.10 Å². The third-order valence-corrected chi connectivity index (χ3v) is 4.92. The predicted octanol–water partition coefficient (Wildman–Crippen LogP) is 2.32. The third kappa shape index (κ3) is 2.18. The van der Waals surface area contributed by atoms with Crippen LogP contribution in [-0.4, -0.2) is 36.0 Å². The van der Waals surface area contributed by atoms with Crippen LogP contribution in [0.2, 0.25) is 0 Å². The molecular formula is C12H19N3OS. The lowest BCUT2D eigenvalue weighted by Crippen LogP contribution is -2.50. The summed E-state index contributed by atoms with van der Waals surface area (Å²) < 4.78 is 5.67. The molecule has 0 atom stereocenters. The summed E-state index contributed by atoms with van der Waals surface area (Å²) in [6.45, 7) is 5.21. The fourth-order valence-corrected chi connectivity index (χ4v) is 3.76. The van der Waals surface area contributed by atoms with E-state index in [0.29, 0.717) is 11.5 Å². The zero-order valence-electron chi connectivity index (χ0n) is 10.3. The molecule has 1 aromatic rings. The van der Waals surface area contributed by atoms with E-state index in [0.717, 1.165) is 24.8 Å². The van der Waals surface area contributed by atoms with Crippen LogP contribution in [0.1, 0.15) is 32.6 Å². The topological polar surface area (TPSA) is 38.2 Å². The maximum atomic E-state index is 5.67. The Balaban J connectivity index is 1.52. The average Bonchev–Trinajstić information content (AvgIpc) is 2.82. The molecule has 2 aliphatic rings. The van der Waals surface area contributed by atoms with E-state index in [1.165, 1.54) is 25.7 Å². The van der Waals surface area contributed by atoms with Crippen molar-refractivity contribution in [2.75, 3.05) is 24.6 Å². The molecule has 0 N–H and O–H groups in total. The Morgan fingerprint density at radius 2 is 2.24 bits per heavy atom. The average molecular weight is 253 g/mol. The van der Waals surface area contributed by atoms with Crippen molar-refractivity contribution in [1.82, 2.24) is 10.2 Å². The van der Waals surface area contributed by atoms with Crippen LogP contribution in [0.5, 0.6) is 0 Å². The lowest BCUT2D eigenvalue weighted by Gasteiger charge is -2.51. The molecule has 1 saturated heterocycles. The Morgan fingerprint density at radius 3 is 2.82 bits per heavy atom. The van der Waals surface area contributed by atoms with E-state index in [1.807, 2.05) is 5.51 Å². The molecule has 2 fully saturated rings. The molecule has 2 heterocycles. The zero-order chi connectivity index (χ0) is 11.7. The number of anilines is 1. The molecule has 0 aromatic carbocycles. The second-order valence-electron chi connectivity index (χ2n) is 5.19. The van der Waals surface area contributed by atoms with Gasteiger partial charge in [0.15, 0.2) is 0 Å². The van der Waals surface area contributed by atoms with Crippen LogP contribution in [-0.2, 0) is 4.74 Å². The minimum Gasteiger partial charge on any atom is -0.378 e. The minimum absolute atomic E-state index is 0.535. The smallest absolute Gasteiger partial charge is 0.208 e. The zero-order valence-corrected chi connectivity index (χ0v) is 11.1. The van der Waals surface area contributed by atoms with E-state index < -0.39 is 0 Å². The maximum absolute atomic E-state index is 5.67.